The van der Waals surface area contributed by atoms with Gasteiger partial charge in [-0.2, -0.15) is 4.98 Å². The molecule has 2 saturated heterocycles. The smallest absolute Gasteiger partial charge is 0.315 e. The third-order valence-corrected chi connectivity index (χ3v) is 3.82. The summed E-state index contributed by atoms with van der Waals surface area (Å²) in [5, 5.41) is 9.87. The van der Waals surface area contributed by atoms with Gasteiger partial charge in [-0.3, -0.25) is 10.1 Å². The average molecular weight is 250 g/mol. The Bertz CT molecular complexity index is 433. The van der Waals surface area contributed by atoms with E-state index < -0.39 is 0 Å². The van der Waals surface area contributed by atoms with Crippen LogP contribution in [0.2, 0.25) is 0 Å². The van der Waals surface area contributed by atoms with Crippen molar-refractivity contribution in [2.75, 3.05) is 5.32 Å². The zero-order valence-corrected chi connectivity index (χ0v) is 10.5. The highest BCUT2D eigenvalue weighted by Gasteiger charge is 2.34. The molecule has 2 aliphatic heterocycles. The number of carbonyl (C=O) groups excluding carboxylic acids is 1. The highest BCUT2D eigenvalue weighted by molar-refractivity contribution is 5.88. The van der Waals surface area contributed by atoms with E-state index in [-0.39, 0.29) is 11.9 Å². The summed E-state index contributed by atoms with van der Waals surface area (Å²) in [4.78, 5) is 15.8. The van der Waals surface area contributed by atoms with Crippen molar-refractivity contribution in [3.05, 3.63) is 5.82 Å². The zero-order chi connectivity index (χ0) is 12.5. The second kappa shape index (κ2) is 4.68. The van der Waals surface area contributed by atoms with Crippen molar-refractivity contribution in [3.63, 3.8) is 0 Å². The quantitative estimate of drug-likeness (QED) is 0.843. The summed E-state index contributed by atoms with van der Waals surface area (Å²) in [6.07, 6.45) is 5.27. The number of hydrogen-bond acceptors (Lipinski definition) is 5. The molecule has 1 amide bonds. The molecule has 2 aliphatic rings. The van der Waals surface area contributed by atoms with Gasteiger partial charge in [0, 0.05) is 18.5 Å². The van der Waals surface area contributed by atoms with Crippen molar-refractivity contribution in [2.45, 2.75) is 51.1 Å². The molecule has 2 N–H and O–H groups in total. The van der Waals surface area contributed by atoms with E-state index in [1.807, 2.05) is 0 Å². The Morgan fingerprint density at radius 3 is 2.78 bits per heavy atom. The Labute approximate surface area is 106 Å². The lowest BCUT2D eigenvalue weighted by Crippen LogP contribution is -2.39. The van der Waals surface area contributed by atoms with Gasteiger partial charge in [0.2, 0.25) is 5.91 Å². The van der Waals surface area contributed by atoms with Crippen LogP contribution in [0.4, 0.5) is 6.01 Å². The maximum atomic E-state index is 11.9. The molecule has 0 radical (unpaired) electrons. The Balaban J connectivity index is 1.52. The number of amides is 1. The van der Waals surface area contributed by atoms with Crippen molar-refractivity contribution in [1.29, 1.82) is 0 Å². The van der Waals surface area contributed by atoms with E-state index in [0.717, 1.165) is 12.8 Å². The van der Waals surface area contributed by atoms with Gasteiger partial charge in [-0.1, -0.05) is 5.16 Å². The molecule has 3 heterocycles. The van der Waals surface area contributed by atoms with Crippen molar-refractivity contribution in [2.24, 2.45) is 5.92 Å². The third-order valence-electron chi connectivity index (χ3n) is 3.82. The number of anilines is 1. The summed E-state index contributed by atoms with van der Waals surface area (Å²) >= 11 is 0. The molecule has 18 heavy (non-hydrogen) atoms. The summed E-state index contributed by atoms with van der Waals surface area (Å²) in [6, 6.07) is 1.44. The standard InChI is InChI=1S/C12H18N4O2/c1-7-13-12(18-16-7)15-11(17)6-8-4-9-2-3-10(5-8)14-9/h8-10,14H,2-6H2,1H3,(H,13,15,16,17). The summed E-state index contributed by atoms with van der Waals surface area (Å²) in [5.41, 5.74) is 0. The highest BCUT2D eigenvalue weighted by atomic mass is 16.5. The second-order valence-corrected chi connectivity index (χ2v) is 5.37. The van der Waals surface area contributed by atoms with Crippen LogP contribution in [-0.2, 0) is 4.79 Å². The Morgan fingerprint density at radius 2 is 2.17 bits per heavy atom. The second-order valence-electron chi connectivity index (χ2n) is 5.37. The van der Waals surface area contributed by atoms with Crippen LogP contribution in [0.25, 0.3) is 0 Å². The van der Waals surface area contributed by atoms with E-state index in [9.17, 15) is 4.79 Å². The summed E-state index contributed by atoms with van der Waals surface area (Å²) < 4.78 is 4.87. The van der Waals surface area contributed by atoms with Crippen molar-refractivity contribution >= 4 is 11.9 Å². The molecule has 2 atom stereocenters. The lowest BCUT2D eigenvalue weighted by Gasteiger charge is -2.28. The minimum Gasteiger partial charge on any atom is -0.315 e. The number of aromatic nitrogens is 2. The molecular weight excluding hydrogens is 232 g/mol. The van der Waals surface area contributed by atoms with Gasteiger partial charge in [0.1, 0.15) is 0 Å². The van der Waals surface area contributed by atoms with Gasteiger partial charge in [0.15, 0.2) is 5.82 Å². The van der Waals surface area contributed by atoms with Gasteiger partial charge in [-0.05, 0) is 38.5 Å². The molecule has 2 fully saturated rings. The molecule has 0 aliphatic carbocycles. The number of nitrogens with zero attached hydrogens (tertiary/aromatic N) is 2. The van der Waals surface area contributed by atoms with E-state index in [0.29, 0.717) is 30.2 Å². The van der Waals surface area contributed by atoms with Crippen LogP contribution in [0.1, 0.15) is 37.9 Å². The number of aryl methyl sites for hydroxylation is 1. The Hall–Kier alpha value is -1.43. The molecule has 6 nitrogen and oxygen atoms in total. The minimum atomic E-state index is -0.0232. The topological polar surface area (TPSA) is 80.0 Å². The fourth-order valence-corrected chi connectivity index (χ4v) is 3.12. The number of carbonyl (C=O) groups is 1. The molecule has 1 aromatic heterocycles. The molecular formula is C12H18N4O2. The van der Waals surface area contributed by atoms with Crippen LogP contribution in [-0.4, -0.2) is 28.1 Å². The maximum Gasteiger partial charge on any atom is 0.328 e. The van der Waals surface area contributed by atoms with E-state index >= 15 is 0 Å². The lowest BCUT2D eigenvalue weighted by atomic mass is 9.89. The Kier molecular flexibility index (Phi) is 3.03. The molecule has 3 rings (SSSR count). The highest BCUT2D eigenvalue weighted by Crippen LogP contribution is 2.32. The largest absolute Gasteiger partial charge is 0.328 e. The first kappa shape index (κ1) is 11.6. The Morgan fingerprint density at radius 1 is 1.44 bits per heavy atom. The predicted octanol–water partition coefficient (Wildman–Crippen LogP) is 1.24. The first-order chi connectivity index (χ1) is 8.69. The fourth-order valence-electron chi connectivity index (χ4n) is 3.12. The molecule has 2 bridgehead atoms. The van der Waals surface area contributed by atoms with Gasteiger partial charge in [0.05, 0.1) is 0 Å². The number of nitrogens with one attached hydrogen (secondary N) is 2. The van der Waals surface area contributed by atoms with E-state index in [2.05, 4.69) is 20.8 Å². The van der Waals surface area contributed by atoms with Crippen molar-refractivity contribution in [3.8, 4) is 0 Å². The SMILES string of the molecule is Cc1noc(NC(=O)CC2CC3CCC(C2)N3)n1. The monoisotopic (exact) mass is 250 g/mol. The van der Waals surface area contributed by atoms with Gasteiger partial charge < -0.3 is 9.84 Å². The van der Waals surface area contributed by atoms with Crippen LogP contribution in [0.15, 0.2) is 4.52 Å². The van der Waals surface area contributed by atoms with Gasteiger partial charge >= 0.3 is 6.01 Å². The van der Waals surface area contributed by atoms with Gasteiger partial charge in [-0.15, -0.1) is 0 Å². The molecule has 0 spiro atoms. The lowest BCUT2D eigenvalue weighted by molar-refractivity contribution is -0.117. The molecule has 2 unspecified atom stereocenters. The van der Waals surface area contributed by atoms with E-state index in [1.54, 1.807) is 6.92 Å². The summed E-state index contributed by atoms with van der Waals surface area (Å²) in [7, 11) is 0. The average Bonchev–Trinajstić information content (AvgIpc) is 2.85. The number of rotatable bonds is 3. The predicted molar refractivity (Wildman–Crippen MR) is 65.0 cm³/mol. The molecule has 0 aromatic carbocycles. The minimum absolute atomic E-state index is 0.0232. The van der Waals surface area contributed by atoms with Crippen LogP contribution in [0.3, 0.4) is 0 Å². The van der Waals surface area contributed by atoms with Gasteiger partial charge in [0.25, 0.3) is 0 Å². The third kappa shape index (κ3) is 2.53. The maximum absolute atomic E-state index is 11.9. The molecule has 0 saturated carbocycles. The normalized spacial score (nSPS) is 30.4. The van der Waals surface area contributed by atoms with E-state index in [4.69, 9.17) is 4.52 Å². The van der Waals surface area contributed by atoms with Crippen LogP contribution < -0.4 is 10.6 Å². The van der Waals surface area contributed by atoms with Crippen LogP contribution >= 0.6 is 0 Å². The first-order valence-corrected chi connectivity index (χ1v) is 6.55. The van der Waals surface area contributed by atoms with Crippen LogP contribution in [0.5, 0.6) is 0 Å². The van der Waals surface area contributed by atoms with Crippen LogP contribution in [0, 0.1) is 12.8 Å². The number of fused-ring (bicyclic) bond motifs is 2. The molecule has 98 valence electrons. The summed E-state index contributed by atoms with van der Waals surface area (Å²) in [5.74, 6) is 0.989. The number of hydrogen-bond donors (Lipinski definition) is 2. The summed E-state index contributed by atoms with van der Waals surface area (Å²) in [6.45, 7) is 1.73. The zero-order valence-electron chi connectivity index (χ0n) is 10.5. The molecule has 6 heteroatoms. The first-order valence-electron chi connectivity index (χ1n) is 6.55. The van der Waals surface area contributed by atoms with Gasteiger partial charge in [-0.25, -0.2) is 0 Å². The molecule has 1 aromatic rings. The number of piperidine rings is 1. The van der Waals surface area contributed by atoms with E-state index in [1.165, 1.54) is 12.8 Å². The van der Waals surface area contributed by atoms with Crippen molar-refractivity contribution < 1.29 is 9.32 Å². The fraction of sp³-hybridized carbons (Fsp3) is 0.750. The van der Waals surface area contributed by atoms with Crippen molar-refractivity contribution in [1.82, 2.24) is 15.5 Å².